The van der Waals surface area contributed by atoms with Gasteiger partial charge in [-0.05, 0) is 110 Å². The van der Waals surface area contributed by atoms with E-state index in [2.05, 4.69) is 0 Å². The van der Waals surface area contributed by atoms with E-state index in [1.807, 2.05) is 243 Å². The minimum Gasteiger partial charge on any atom is -0.414 e. The van der Waals surface area contributed by atoms with Gasteiger partial charge in [0.05, 0.1) is 0 Å². The summed E-state index contributed by atoms with van der Waals surface area (Å²) in [5, 5.41) is 0. The molecule has 9 aromatic rings. The molecule has 0 radical (unpaired) electrons. The molecule has 0 amide bonds. The summed E-state index contributed by atoms with van der Waals surface area (Å²) in [4.78, 5) is 28.1. The Labute approximate surface area is 386 Å². The summed E-state index contributed by atoms with van der Waals surface area (Å²) in [7, 11) is -9.16. The number of hydrogen-bond donors (Lipinski definition) is 0. The van der Waals surface area contributed by atoms with Crippen LogP contribution in [0.5, 0.6) is 46.0 Å². The molecule has 0 fully saturated rings. The molecular formula is C48H40N5O8P5. The fraction of sp³-hybridized carbons (Fsp3) is 0. The van der Waals surface area contributed by atoms with Crippen LogP contribution >= 0.6 is 40.8 Å². The summed E-state index contributed by atoms with van der Waals surface area (Å²) in [5.74, 6) is 3.94. The zero-order valence-electron chi connectivity index (χ0n) is 34.8. The molecule has 0 aliphatic carbocycles. The molecule has 0 saturated carbocycles. The highest BCUT2D eigenvalue weighted by Gasteiger charge is 2.27. The molecular weight excluding hydrogens is 929 g/mol. The minimum atomic E-state index is -2.45. The van der Waals surface area contributed by atoms with Crippen molar-refractivity contribution >= 4 is 40.8 Å². The van der Waals surface area contributed by atoms with Gasteiger partial charge in [0.25, 0.3) is 0 Å². The zero-order valence-corrected chi connectivity index (χ0v) is 39.3. The molecule has 0 aliphatic heterocycles. The number of rotatable bonds is 16. The summed E-state index contributed by atoms with van der Waals surface area (Å²) >= 11 is 0. The molecule has 18 heteroatoms. The first-order valence-electron chi connectivity index (χ1n) is 20.4. The standard InChI is InChI=1S/C48H40N5O8P5/c1-9-25-41(26-10-1)54-50-62-49-63(58-45-33-17-5-18-34-45)51(55-42-27-11-2-12-28-42)65(60-47-37-21-7-22-38-47)53(57-44-31-15-4-16-32-44)66(61-48-39-23-8-24-40-48)52(56-43-29-13-3-14-30-43)64(50)59-46-35-19-6-20-36-46/h1-40H. The van der Waals surface area contributed by atoms with Gasteiger partial charge in [-0.3, -0.25) is 0 Å². The van der Waals surface area contributed by atoms with E-state index in [1.54, 1.807) is 17.0 Å². The van der Waals surface area contributed by atoms with Crippen molar-refractivity contribution in [1.29, 1.82) is 0 Å². The third-order valence-electron chi connectivity index (χ3n) is 8.66. The Bertz CT molecular complexity index is 2820. The van der Waals surface area contributed by atoms with Gasteiger partial charge >= 0.3 is 32.3 Å². The highest BCUT2D eigenvalue weighted by atomic mass is 31.2. The van der Waals surface area contributed by atoms with E-state index in [0.717, 1.165) is 0 Å². The van der Waals surface area contributed by atoms with Crippen LogP contribution in [-0.2, 0) is 0 Å². The van der Waals surface area contributed by atoms with Crippen LogP contribution in [0.4, 0.5) is 0 Å². The minimum absolute atomic E-state index is 0.230. The largest absolute Gasteiger partial charge is 0.414 e. The fourth-order valence-electron chi connectivity index (χ4n) is 5.66. The SMILES string of the molecule is c1ccc(On2pnp(Oc3ccccc3)n(Oc3ccccc3)p(Oc3ccccc3)n(Oc3ccccc3)p(Oc3ccccc3)n(Oc3ccccc3)p2Oc2ccccc2)cc1. The monoisotopic (exact) mass is 969 g/mol. The molecule has 0 spiro atoms. The molecule has 8 aromatic carbocycles. The third-order valence-corrected chi connectivity index (χ3v) is 17.4. The molecule has 9 rings (SSSR count). The third kappa shape index (κ3) is 11.9. The van der Waals surface area contributed by atoms with Gasteiger partial charge in [0.15, 0.2) is 31.5 Å². The first-order valence-corrected chi connectivity index (χ1v) is 25.8. The van der Waals surface area contributed by atoms with Crippen LogP contribution in [0, 0.1) is 0 Å². The maximum absolute atomic E-state index is 7.25. The predicted octanol–water partition coefficient (Wildman–Crippen LogP) is 14.9. The van der Waals surface area contributed by atoms with Crippen molar-refractivity contribution < 1.29 is 37.4 Å². The summed E-state index contributed by atoms with van der Waals surface area (Å²) in [6, 6.07) is 75.2. The summed E-state index contributed by atoms with van der Waals surface area (Å²) in [6.45, 7) is 0. The molecule has 4 atom stereocenters. The van der Waals surface area contributed by atoms with Gasteiger partial charge in [-0.2, -0.15) is 0 Å². The maximum Gasteiger partial charge on any atom is 0.322 e. The Kier molecular flexibility index (Phi) is 15.0. The fourth-order valence-corrected chi connectivity index (χ4v) is 15.2. The van der Waals surface area contributed by atoms with Gasteiger partial charge in [-0.15, -0.1) is 4.51 Å². The lowest BCUT2D eigenvalue weighted by Crippen LogP contribution is -2.19. The molecule has 0 aliphatic rings. The van der Waals surface area contributed by atoms with E-state index < -0.39 is 32.3 Å². The molecule has 0 bridgehead atoms. The second-order valence-corrected chi connectivity index (χ2v) is 21.3. The lowest BCUT2D eigenvalue weighted by Gasteiger charge is -2.24. The van der Waals surface area contributed by atoms with E-state index in [0.29, 0.717) is 46.0 Å². The smallest absolute Gasteiger partial charge is 0.322 e. The normalized spacial score (nSPS) is 11.6. The topological polar surface area (TPSA) is 106 Å². The number of aromatic nitrogens is 5. The summed E-state index contributed by atoms with van der Waals surface area (Å²) < 4.78 is 40.2. The van der Waals surface area contributed by atoms with Crippen LogP contribution < -0.4 is 37.4 Å². The average Bonchev–Trinajstić information content (AvgIpc) is 3.38. The van der Waals surface area contributed by atoms with Crippen LogP contribution in [0.3, 0.4) is 0 Å². The average molecular weight is 970 g/mol. The molecule has 330 valence electrons. The number of hydrogen-bond acceptors (Lipinski definition) is 9. The lowest BCUT2D eigenvalue weighted by atomic mass is 10.3. The van der Waals surface area contributed by atoms with Crippen LogP contribution in [-0.4, -0.2) is 21.5 Å². The van der Waals surface area contributed by atoms with Crippen LogP contribution in [0.1, 0.15) is 0 Å². The van der Waals surface area contributed by atoms with Crippen molar-refractivity contribution in [3.63, 3.8) is 0 Å². The van der Waals surface area contributed by atoms with Crippen molar-refractivity contribution in [1.82, 2.24) is 21.5 Å². The molecule has 0 saturated heterocycles. The molecule has 66 heavy (non-hydrogen) atoms. The Morgan fingerprint density at radius 3 is 0.894 bits per heavy atom. The van der Waals surface area contributed by atoms with Crippen molar-refractivity contribution in [2.24, 2.45) is 0 Å². The highest BCUT2D eigenvalue weighted by Crippen LogP contribution is 2.48. The zero-order chi connectivity index (χ0) is 44.6. The highest BCUT2D eigenvalue weighted by molar-refractivity contribution is 7.58. The predicted molar refractivity (Wildman–Crippen MR) is 262 cm³/mol. The van der Waals surface area contributed by atoms with Gasteiger partial charge in [-0.1, -0.05) is 150 Å². The van der Waals surface area contributed by atoms with Crippen LogP contribution in [0.15, 0.2) is 243 Å². The summed E-state index contributed by atoms with van der Waals surface area (Å²) in [5.41, 5.74) is 0. The van der Waals surface area contributed by atoms with Crippen LogP contribution in [0.25, 0.3) is 0 Å². The van der Waals surface area contributed by atoms with Crippen molar-refractivity contribution in [2.75, 3.05) is 0 Å². The Hall–Kier alpha value is -7.34. The molecule has 1 aromatic heterocycles. The molecule has 13 nitrogen and oxygen atoms in total. The van der Waals surface area contributed by atoms with E-state index in [1.165, 1.54) is 0 Å². The summed E-state index contributed by atoms with van der Waals surface area (Å²) in [6.07, 6.45) is 0. The maximum atomic E-state index is 7.25. The van der Waals surface area contributed by atoms with Crippen LogP contribution in [0.2, 0.25) is 0 Å². The Morgan fingerprint density at radius 1 is 0.273 bits per heavy atom. The van der Waals surface area contributed by atoms with Gasteiger partial charge in [0.1, 0.15) is 23.0 Å². The van der Waals surface area contributed by atoms with Gasteiger partial charge < -0.3 is 37.4 Å². The molecule has 1 heterocycles. The molecule has 0 N–H and O–H groups in total. The van der Waals surface area contributed by atoms with Gasteiger partial charge in [0, 0.05) is 0 Å². The number of para-hydroxylation sites is 8. The number of nitrogens with zero attached hydrogens (tertiary/aromatic N) is 5. The van der Waals surface area contributed by atoms with Crippen molar-refractivity contribution in [3.8, 4) is 46.0 Å². The second kappa shape index (κ2) is 22.5. The molecule has 4 unspecified atom stereocenters. The van der Waals surface area contributed by atoms with Crippen molar-refractivity contribution in [2.45, 2.75) is 0 Å². The van der Waals surface area contributed by atoms with E-state index in [-0.39, 0.29) is 8.51 Å². The van der Waals surface area contributed by atoms with Gasteiger partial charge in [0.2, 0.25) is 0 Å². The van der Waals surface area contributed by atoms with Gasteiger partial charge in [-0.25, -0.2) is 0 Å². The number of benzene rings is 8. The van der Waals surface area contributed by atoms with E-state index in [4.69, 9.17) is 42.0 Å². The quantitative estimate of drug-likeness (QED) is 0.0935. The first kappa shape index (κ1) is 43.9. The Morgan fingerprint density at radius 2 is 0.530 bits per heavy atom. The van der Waals surface area contributed by atoms with Crippen molar-refractivity contribution in [3.05, 3.63) is 243 Å². The lowest BCUT2D eigenvalue weighted by molar-refractivity contribution is 0.212. The van der Waals surface area contributed by atoms with E-state index >= 15 is 0 Å². The Balaban J connectivity index is 1.52. The first-order chi connectivity index (χ1) is 32.7. The van der Waals surface area contributed by atoms with E-state index in [9.17, 15) is 0 Å². The second-order valence-electron chi connectivity index (χ2n) is 13.4.